The lowest BCUT2D eigenvalue weighted by Gasteiger charge is -2.29. The van der Waals surface area contributed by atoms with Crippen LogP contribution in [0.4, 0.5) is 5.69 Å². The van der Waals surface area contributed by atoms with E-state index in [0.717, 1.165) is 32.4 Å². The largest absolute Gasteiger partial charge is 0.341 e. The Morgan fingerprint density at radius 2 is 1.59 bits per heavy atom. The predicted octanol–water partition coefficient (Wildman–Crippen LogP) is 2.25. The van der Waals surface area contributed by atoms with Crippen molar-refractivity contribution in [1.29, 1.82) is 0 Å². The Hall–Kier alpha value is -2.17. The average Bonchev–Trinajstić information content (AvgIpc) is 2.53. The first-order valence-electron chi connectivity index (χ1n) is 7.66. The second kappa shape index (κ2) is 7.20. The van der Waals surface area contributed by atoms with Gasteiger partial charge in [0, 0.05) is 31.3 Å². The number of amides is 2. The van der Waals surface area contributed by atoms with Crippen molar-refractivity contribution < 1.29 is 14.4 Å². The summed E-state index contributed by atoms with van der Waals surface area (Å²) in [6.07, 6.45) is 3.21. The van der Waals surface area contributed by atoms with Crippen molar-refractivity contribution in [3.05, 3.63) is 29.8 Å². The van der Waals surface area contributed by atoms with Crippen LogP contribution in [0.2, 0.25) is 0 Å². The molecule has 1 saturated heterocycles. The maximum atomic E-state index is 12.3. The smallest absolute Gasteiger partial charge is 0.242 e. The summed E-state index contributed by atoms with van der Waals surface area (Å²) >= 11 is 0. The molecule has 0 unspecified atom stereocenters. The molecule has 2 amide bonds. The monoisotopic (exact) mass is 302 g/mol. The van der Waals surface area contributed by atoms with Crippen molar-refractivity contribution >= 4 is 23.3 Å². The molecule has 5 heteroatoms. The fourth-order valence-corrected chi connectivity index (χ4v) is 2.64. The summed E-state index contributed by atoms with van der Waals surface area (Å²) in [5.74, 6) is -0.225. The number of piperidine rings is 1. The van der Waals surface area contributed by atoms with Crippen molar-refractivity contribution in [2.24, 2.45) is 0 Å². The highest BCUT2D eigenvalue weighted by atomic mass is 16.2. The minimum atomic E-state index is -0.180. The molecule has 1 fully saturated rings. The zero-order chi connectivity index (χ0) is 16.1. The SMILES string of the molecule is CC(=O)c1ccc(N(CC(=O)N2CCCCC2)C(C)=O)cc1. The van der Waals surface area contributed by atoms with Crippen LogP contribution in [0.25, 0.3) is 0 Å². The van der Waals surface area contributed by atoms with Gasteiger partial charge in [-0.1, -0.05) is 0 Å². The molecule has 1 aliphatic rings. The summed E-state index contributed by atoms with van der Waals surface area (Å²) in [7, 11) is 0. The van der Waals surface area contributed by atoms with Crippen molar-refractivity contribution in [3.63, 3.8) is 0 Å². The first-order chi connectivity index (χ1) is 10.5. The number of benzene rings is 1. The lowest BCUT2D eigenvalue weighted by atomic mass is 10.1. The van der Waals surface area contributed by atoms with Crippen LogP contribution in [-0.4, -0.2) is 42.1 Å². The third kappa shape index (κ3) is 3.93. The minimum absolute atomic E-state index is 0.0226. The van der Waals surface area contributed by atoms with Gasteiger partial charge in [0.05, 0.1) is 0 Å². The van der Waals surface area contributed by atoms with E-state index in [1.54, 1.807) is 24.3 Å². The van der Waals surface area contributed by atoms with Gasteiger partial charge in [-0.3, -0.25) is 14.4 Å². The third-order valence-electron chi connectivity index (χ3n) is 3.97. The van der Waals surface area contributed by atoms with Gasteiger partial charge in [0.2, 0.25) is 11.8 Å². The molecule has 0 spiro atoms. The van der Waals surface area contributed by atoms with Crippen molar-refractivity contribution in [2.75, 3.05) is 24.5 Å². The van der Waals surface area contributed by atoms with Gasteiger partial charge in [-0.2, -0.15) is 0 Å². The Balaban J connectivity index is 2.10. The molecule has 0 aromatic heterocycles. The summed E-state index contributed by atoms with van der Waals surface area (Å²) in [5, 5.41) is 0. The zero-order valence-electron chi connectivity index (χ0n) is 13.2. The number of nitrogens with zero attached hydrogens (tertiary/aromatic N) is 2. The van der Waals surface area contributed by atoms with Gasteiger partial charge in [-0.05, 0) is 50.5 Å². The van der Waals surface area contributed by atoms with E-state index in [9.17, 15) is 14.4 Å². The fourth-order valence-electron chi connectivity index (χ4n) is 2.64. The molecule has 2 rings (SSSR count). The number of carbonyl (C=O) groups is 3. The first kappa shape index (κ1) is 16.2. The van der Waals surface area contributed by atoms with E-state index in [2.05, 4.69) is 0 Å². The maximum absolute atomic E-state index is 12.3. The number of anilines is 1. The van der Waals surface area contributed by atoms with E-state index in [1.807, 2.05) is 4.90 Å². The molecular weight excluding hydrogens is 280 g/mol. The van der Waals surface area contributed by atoms with E-state index in [0.29, 0.717) is 11.3 Å². The van der Waals surface area contributed by atoms with Crippen LogP contribution in [-0.2, 0) is 9.59 Å². The number of likely N-dealkylation sites (tertiary alicyclic amines) is 1. The van der Waals surface area contributed by atoms with Gasteiger partial charge in [-0.25, -0.2) is 0 Å². The molecular formula is C17H22N2O3. The van der Waals surface area contributed by atoms with E-state index in [-0.39, 0.29) is 24.1 Å². The summed E-state index contributed by atoms with van der Waals surface area (Å²) in [6, 6.07) is 6.78. The summed E-state index contributed by atoms with van der Waals surface area (Å²) in [4.78, 5) is 38.8. The Morgan fingerprint density at radius 3 is 2.09 bits per heavy atom. The number of carbonyl (C=O) groups excluding carboxylic acids is 3. The van der Waals surface area contributed by atoms with Crippen LogP contribution in [0.1, 0.15) is 43.5 Å². The fraction of sp³-hybridized carbons (Fsp3) is 0.471. The molecule has 5 nitrogen and oxygen atoms in total. The molecule has 1 aliphatic heterocycles. The van der Waals surface area contributed by atoms with E-state index < -0.39 is 0 Å². The molecule has 22 heavy (non-hydrogen) atoms. The number of Topliss-reactive ketones (excluding diaryl/α,β-unsaturated/α-hetero) is 1. The third-order valence-corrected chi connectivity index (χ3v) is 3.97. The highest BCUT2D eigenvalue weighted by Gasteiger charge is 2.21. The van der Waals surface area contributed by atoms with E-state index in [4.69, 9.17) is 0 Å². The van der Waals surface area contributed by atoms with Gasteiger partial charge in [0.1, 0.15) is 6.54 Å². The molecule has 0 saturated carbocycles. The van der Waals surface area contributed by atoms with E-state index >= 15 is 0 Å². The molecule has 118 valence electrons. The summed E-state index contributed by atoms with van der Waals surface area (Å²) < 4.78 is 0. The summed E-state index contributed by atoms with van der Waals surface area (Å²) in [6.45, 7) is 4.54. The predicted molar refractivity (Wildman–Crippen MR) is 84.9 cm³/mol. The van der Waals surface area contributed by atoms with E-state index in [1.165, 1.54) is 18.7 Å². The number of ketones is 1. The lowest BCUT2D eigenvalue weighted by molar-refractivity contribution is -0.132. The standard InChI is InChI=1S/C17H22N2O3/c1-13(20)15-6-8-16(9-7-15)19(14(2)21)12-17(22)18-10-4-3-5-11-18/h6-9H,3-5,10-12H2,1-2H3. The minimum Gasteiger partial charge on any atom is -0.341 e. The second-order valence-electron chi connectivity index (χ2n) is 5.65. The van der Waals surface area contributed by atoms with Crippen molar-refractivity contribution in [3.8, 4) is 0 Å². The number of rotatable bonds is 4. The molecule has 1 aromatic rings. The van der Waals surface area contributed by atoms with Crippen LogP contribution < -0.4 is 4.90 Å². The van der Waals surface area contributed by atoms with Crippen LogP contribution in [0.5, 0.6) is 0 Å². The Labute approximate surface area is 130 Å². The molecule has 0 N–H and O–H groups in total. The Bertz CT molecular complexity index is 560. The Morgan fingerprint density at radius 1 is 1.00 bits per heavy atom. The van der Waals surface area contributed by atoms with Crippen LogP contribution in [0.3, 0.4) is 0 Å². The second-order valence-corrected chi connectivity index (χ2v) is 5.65. The summed E-state index contributed by atoms with van der Waals surface area (Å²) in [5.41, 5.74) is 1.23. The average molecular weight is 302 g/mol. The highest BCUT2D eigenvalue weighted by Crippen LogP contribution is 2.17. The van der Waals surface area contributed by atoms with Gasteiger partial charge < -0.3 is 9.80 Å². The van der Waals surface area contributed by atoms with Crippen LogP contribution in [0, 0.1) is 0 Å². The van der Waals surface area contributed by atoms with Gasteiger partial charge in [0.25, 0.3) is 0 Å². The topological polar surface area (TPSA) is 57.7 Å². The number of hydrogen-bond donors (Lipinski definition) is 0. The van der Waals surface area contributed by atoms with Gasteiger partial charge in [-0.15, -0.1) is 0 Å². The van der Waals surface area contributed by atoms with Crippen molar-refractivity contribution in [1.82, 2.24) is 4.90 Å². The normalized spacial score (nSPS) is 14.5. The number of hydrogen-bond acceptors (Lipinski definition) is 3. The molecule has 1 heterocycles. The highest BCUT2D eigenvalue weighted by molar-refractivity contribution is 5.98. The van der Waals surface area contributed by atoms with Gasteiger partial charge in [0.15, 0.2) is 5.78 Å². The van der Waals surface area contributed by atoms with Crippen LogP contribution in [0.15, 0.2) is 24.3 Å². The molecule has 0 aliphatic carbocycles. The lowest BCUT2D eigenvalue weighted by Crippen LogP contribution is -2.44. The molecule has 0 atom stereocenters. The quantitative estimate of drug-likeness (QED) is 0.802. The van der Waals surface area contributed by atoms with Crippen molar-refractivity contribution in [2.45, 2.75) is 33.1 Å². The molecule has 0 bridgehead atoms. The molecule has 0 radical (unpaired) electrons. The molecule has 1 aromatic carbocycles. The van der Waals surface area contributed by atoms with Gasteiger partial charge >= 0.3 is 0 Å². The zero-order valence-corrected chi connectivity index (χ0v) is 13.2. The van der Waals surface area contributed by atoms with Crippen LogP contribution >= 0.6 is 0 Å². The first-order valence-corrected chi connectivity index (χ1v) is 7.66. The maximum Gasteiger partial charge on any atom is 0.242 e. The Kier molecular flexibility index (Phi) is 5.31.